The van der Waals surface area contributed by atoms with Gasteiger partial charge < -0.3 is 16.4 Å². The number of hydrogen-bond acceptors (Lipinski definition) is 3. The zero-order chi connectivity index (χ0) is 15.8. The Hall–Kier alpha value is -1.95. The van der Waals surface area contributed by atoms with Gasteiger partial charge in [0.2, 0.25) is 5.91 Å². The van der Waals surface area contributed by atoms with E-state index in [4.69, 9.17) is 18.0 Å². The van der Waals surface area contributed by atoms with E-state index < -0.39 is 0 Å². The molecular formula is C15H21N3O2S. The molecule has 0 aromatic heterocycles. The van der Waals surface area contributed by atoms with Crippen molar-refractivity contribution in [2.75, 3.05) is 13.1 Å². The molecule has 0 saturated carbocycles. The van der Waals surface area contributed by atoms with Crippen LogP contribution in [0.15, 0.2) is 24.3 Å². The van der Waals surface area contributed by atoms with Crippen LogP contribution in [0.25, 0.3) is 0 Å². The summed E-state index contributed by atoms with van der Waals surface area (Å²) in [6.07, 6.45) is 0.257. The van der Waals surface area contributed by atoms with Gasteiger partial charge in [-0.05, 0) is 18.1 Å². The normalized spacial score (nSPS) is 10.2. The van der Waals surface area contributed by atoms with Gasteiger partial charge in [-0.25, -0.2) is 0 Å². The van der Waals surface area contributed by atoms with E-state index in [1.165, 1.54) is 0 Å². The molecular weight excluding hydrogens is 286 g/mol. The van der Waals surface area contributed by atoms with E-state index in [1.807, 2.05) is 13.8 Å². The first kappa shape index (κ1) is 17.1. The number of rotatable bonds is 7. The van der Waals surface area contributed by atoms with E-state index in [1.54, 1.807) is 24.3 Å². The fraction of sp³-hybridized carbons (Fsp3) is 0.400. The summed E-state index contributed by atoms with van der Waals surface area (Å²) >= 11 is 4.87. The number of carbonyl (C=O) groups excluding carboxylic acids is 2. The SMILES string of the molecule is CC(C)CNC(=O)CCNC(=O)c1cccc(C(N)=S)c1. The molecule has 6 heteroatoms. The van der Waals surface area contributed by atoms with Gasteiger partial charge in [0.05, 0.1) is 0 Å². The number of benzene rings is 1. The molecule has 0 bridgehead atoms. The highest BCUT2D eigenvalue weighted by atomic mass is 32.1. The van der Waals surface area contributed by atoms with Crippen LogP contribution in [0.3, 0.4) is 0 Å². The summed E-state index contributed by atoms with van der Waals surface area (Å²) < 4.78 is 0. The maximum Gasteiger partial charge on any atom is 0.251 e. The minimum Gasteiger partial charge on any atom is -0.389 e. The number of thiocarbonyl (C=S) groups is 1. The average molecular weight is 307 g/mol. The second-order valence-corrected chi connectivity index (χ2v) is 5.59. The molecule has 21 heavy (non-hydrogen) atoms. The second kappa shape index (κ2) is 8.36. The van der Waals surface area contributed by atoms with Gasteiger partial charge in [-0.3, -0.25) is 9.59 Å². The minimum absolute atomic E-state index is 0.0686. The number of hydrogen-bond donors (Lipinski definition) is 3. The van der Waals surface area contributed by atoms with Crippen molar-refractivity contribution in [3.8, 4) is 0 Å². The van der Waals surface area contributed by atoms with Crippen molar-refractivity contribution in [2.24, 2.45) is 11.7 Å². The summed E-state index contributed by atoms with van der Waals surface area (Å²) in [7, 11) is 0. The van der Waals surface area contributed by atoms with Crippen molar-refractivity contribution in [1.29, 1.82) is 0 Å². The molecule has 0 unspecified atom stereocenters. The molecule has 114 valence electrons. The first-order valence-electron chi connectivity index (χ1n) is 6.85. The van der Waals surface area contributed by atoms with Crippen molar-refractivity contribution < 1.29 is 9.59 Å². The van der Waals surface area contributed by atoms with E-state index in [0.29, 0.717) is 30.1 Å². The molecule has 4 N–H and O–H groups in total. The monoisotopic (exact) mass is 307 g/mol. The molecule has 0 aliphatic rings. The Balaban J connectivity index is 2.42. The number of carbonyl (C=O) groups is 2. The Labute approximate surface area is 130 Å². The molecule has 1 aromatic rings. The second-order valence-electron chi connectivity index (χ2n) is 5.15. The Kier molecular flexibility index (Phi) is 6.81. The molecule has 5 nitrogen and oxygen atoms in total. The predicted octanol–water partition coefficient (Wildman–Crippen LogP) is 1.21. The topological polar surface area (TPSA) is 84.2 Å². The zero-order valence-electron chi connectivity index (χ0n) is 12.3. The van der Waals surface area contributed by atoms with Crippen molar-refractivity contribution in [3.05, 3.63) is 35.4 Å². The van der Waals surface area contributed by atoms with Crippen LogP contribution in [0.2, 0.25) is 0 Å². The standard InChI is InChI=1S/C15H21N3O2S/c1-10(2)9-18-13(19)6-7-17-15(20)12-5-3-4-11(8-12)14(16)21/h3-5,8,10H,6-7,9H2,1-2H3,(H2,16,21)(H,17,20)(H,18,19). The summed E-state index contributed by atoms with van der Waals surface area (Å²) in [6.45, 7) is 4.98. The maximum absolute atomic E-state index is 11.9. The van der Waals surface area contributed by atoms with Crippen LogP contribution in [0.1, 0.15) is 36.2 Å². The van der Waals surface area contributed by atoms with Gasteiger partial charge in [0.15, 0.2) is 0 Å². The van der Waals surface area contributed by atoms with Crippen LogP contribution in [0.4, 0.5) is 0 Å². The average Bonchev–Trinajstić information content (AvgIpc) is 2.45. The Morgan fingerprint density at radius 1 is 1.24 bits per heavy atom. The highest BCUT2D eigenvalue weighted by molar-refractivity contribution is 7.80. The number of nitrogens with two attached hydrogens (primary N) is 1. The van der Waals surface area contributed by atoms with E-state index in [9.17, 15) is 9.59 Å². The van der Waals surface area contributed by atoms with Gasteiger partial charge in [0.25, 0.3) is 5.91 Å². The quantitative estimate of drug-likeness (QED) is 0.661. The van der Waals surface area contributed by atoms with Gasteiger partial charge in [0, 0.05) is 30.6 Å². The third-order valence-corrected chi connectivity index (χ3v) is 2.99. The third-order valence-electron chi connectivity index (χ3n) is 2.75. The van der Waals surface area contributed by atoms with Crippen molar-refractivity contribution in [2.45, 2.75) is 20.3 Å². The Bertz CT molecular complexity index is 529. The molecule has 0 aliphatic carbocycles. The van der Waals surface area contributed by atoms with Crippen molar-refractivity contribution in [1.82, 2.24) is 10.6 Å². The van der Waals surface area contributed by atoms with E-state index in [0.717, 1.165) is 0 Å². The van der Waals surface area contributed by atoms with Gasteiger partial charge in [-0.15, -0.1) is 0 Å². The van der Waals surface area contributed by atoms with Crippen LogP contribution >= 0.6 is 12.2 Å². The first-order valence-corrected chi connectivity index (χ1v) is 7.25. The summed E-state index contributed by atoms with van der Waals surface area (Å²) in [6, 6.07) is 6.78. The number of amides is 2. The van der Waals surface area contributed by atoms with Gasteiger partial charge in [-0.2, -0.15) is 0 Å². The van der Waals surface area contributed by atoms with E-state index in [-0.39, 0.29) is 23.2 Å². The summed E-state index contributed by atoms with van der Waals surface area (Å²) in [4.78, 5) is 23.7. The molecule has 0 atom stereocenters. The Morgan fingerprint density at radius 2 is 1.90 bits per heavy atom. The van der Waals surface area contributed by atoms with Crippen LogP contribution in [0, 0.1) is 5.92 Å². The summed E-state index contributed by atoms with van der Waals surface area (Å²) in [5.74, 6) is 0.0945. The minimum atomic E-state index is -0.246. The van der Waals surface area contributed by atoms with Crippen molar-refractivity contribution in [3.63, 3.8) is 0 Å². The molecule has 0 heterocycles. The molecule has 0 aliphatic heterocycles. The number of nitrogens with one attached hydrogen (secondary N) is 2. The molecule has 1 rings (SSSR count). The molecule has 0 radical (unpaired) electrons. The largest absolute Gasteiger partial charge is 0.389 e. The van der Waals surface area contributed by atoms with Crippen LogP contribution < -0.4 is 16.4 Å². The first-order chi connectivity index (χ1) is 9.90. The van der Waals surface area contributed by atoms with Crippen LogP contribution in [0.5, 0.6) is 0 Å². The zero-order valence-corrected chi connectivity index (χ0v) is 13.1. The molecule has 0 saturated heterocycles. The lowest BCUT2D eigenvalue weighted by Crippen LogP contribution is -2.32. The third kappa shape index (κ3) is 6.35. The van der Waals surface area contributed by atoms with Crippen LogP contribution in [-0.2, 0) is 4.79 Å². The van der Waals surface area contributed by atoms with Crippen LogP contribution in [-0.4, -0.2) is 29.9 Å². The molecule has 1 aromatic carbocycles. The lowest BCUT2D eigenvalue weighted by Gasteiger charge is -2.09. The van der Waals surface area contributed by atoms with Crippen molar-refractivity contribution >= 4 is 29.0 Å². The highest BCUT2D eigenvalue weighted by Crippen LogP contribution is 2.05. The fourth-order valence-electron chi connectivity index (χ4n) is 1.61. The maximum atomic E-state index is 11.9. The summed E-state index contributed by atoms with van der Waals surface area (Å²) in [5, 5.41) is 5.50. The predicted molar refractivity (Wildman–Crippen MR) is 87.1 cm³/mol. The lowest BCUT2D eigenvalue weighted by molar-refractivity contribution is -0.121. The summed E-state index contributed by atoms with van der Waals surface area (Å²) in [5.41, 5.74) is 6.65. The lowest BCUT2D eigenvalue weighted by atomic mass is 10.1. The smallest absolute Gasteiger partial charge is 0.251 e. The fourth-order valence-corrected chi connectivity index (χ4v) is 1.74. The van der Waals surface area contributed by atoms with E-state index >= 15 is 0 Å². The van der Waals surface area contributed by atoms with Gasteiger partial charge in [-0.1, -0.05) is 38.2 Å². The molecule has 0 spiro atoms. The molecule has 2 amide bonds. The van der Waals surface area contributed by atoms with Gasteiger partial charge >= 0.3 is 0 Å². The highest BCUT2D eigenvalue weighted by Gasteiger charge is 2.08. The van der Waals surface area contributed by atoms with Gasteiger partial charge in [0.1, 0.15) is 4.99 Å². The molecule has 0 fully saturated rings. The Morgan fingerprint density at radius 3 is 2.52 bits per heavy atom. The van der Waals surface area contributed by atoms with E-state index in [2.05, 4.69) is 10.6 Å².